The highest BCUT2D eigenvalue weighted by Gasteiger charge is 2.14. The smallest absolute Gasteiger partial charge is 0.335 e. The van der Waals surface area contributed by atoms with Crippen LogP contribution in [-0.4, -0.2) is 17.7 Å². The highest BCUT2D eigenvalue weighted by molar-refractivity contribution is 6.32. The molecule has 0 spiro atoms. The Morgan fingerprint density at radius 1 is 1.09 bits per heavy atom. The lowest BCUT2D eigenvalue weighted by molar-refractivity contribution is 0.0697. The molecule has 0 heterocycles. The number of ether oxygens (including phenoxy) is 2. The number of aromatic carboxylic acids is 1. The molecule has 7 heteroatoms. The van der Waals surface area contributed by atoms with Crippen LogP contribution in [0.25, 0.3) is 11.6 Å². The molecule has 5 nitrogen and oxygen atoms in total. The second kappa shape index (κ2) is 10.5. The molecule has 0 atom stereocenters. The van der Waals surface area contributed by atoms with E-state index in [1.54, 1.807) is 42.5 Å². The van der Waals surface area contributed by atoms with Crippen LogP contribution in [0, 0.1) is 17.1 Å². The highest BCUT2D eigenvalue weighted by atomic mass is 35.5. The standard InChI is InChI=1S/C25H19ClFNO4/c1-2-31-23-13-17(11-20(14-28)18-5-7-19(8-6-18)25(29)30)12-22(26)24(23)32-15-16-3-9-21(27)10-4-16/h3-13H,2,15H2,1H3,(H,29,30)/b20-11-. The van der Waals surface area contributed by atoms with Crippen LogP contribution in [0.3, 0.4) is 0 Å². The third kappa shape index (κ3) is 5.65. The third-order valence-corrected chi connectivity index (χ3v) is 4.78. The normalized spacial score (nSPS) is 11.0. The van der Waals surface area contributed by atoms with Crippen LogP contribution in [-0.2, 0) is 6.61 Å². The molecule has 0 aliphatic rings. The molecule has 0 unspecified atom stereocenters. The van der Waals surface area contributed by atoms with Gasteiger partial charge in [0.15, 0.2) is 11.5 Å². The number of halogens is 2. The molecule has 0 aliphatic heterocycles. The molecule has 1 N–H and O–H groups in total. The Morgan fingerprint density at radius 3 is 2.34 bits per heavy atom. The zero-order valence-electron chi connectivity index (χ0n) is 17.1. The summed E-state index contributed by atoms with van der Waals surface area (Å²) < 4.78 is 24.6. The predicted molar refractivity (Wildman–Crippen MR) is 120 cm³/mol. The third-order valence-electron chi connectivity index (χ3n) is 4.50. The van der Waals surface area contributed by atoms with Crippen molar-refractivity contribution in [2.45, 2.75) is 13.5 Å². The first-order valence-electron chi connectivity index (χ1n) is 9.70. The topological polar surface area (TPSA) is 79.5 Å². The average Bonchev–Trinajstić information content (AvgIpc) is 2.78. The summed E-state index contributed by atoms with van der Waals surface area (Å²) >= 11 is 6.45. The van der Waals surface area contributed by atoms with Crippen molar-refractivity contribution < 1.29 is 23.8 Å². The lowest BCUT2D eigenvalue weighted by atomic mass is 10.0. The maximum atomic E-state index is 13.1. The first kappa shape index (κ1) is 22.9. The lowest BCUT2D eigenvalue weighted by Crippen LogP contribution is -2.01. The monoisotopic (exact) mass is 451 g/mol. The number of allylic oxidation sites excluding steroid dienone is 1. The van der Waals surface area contributed by atoms with E-state index in [4.69, 9.17) is 26.2 Å². The minimum absolute atomic E-state index is 0.135. The van der Waals surface area contributed by atoms with Gasteiger partial charge in [-0.15, -0.1) is 0 Å². The number of benzene rings is 3. The molecule has 162 valence electrons. The van der Waals surface area contributed by atoms with Gasteiger partial charge in [-0.25, -0.2) is 9.18 Å². The van der Waals surface area contributed by atoms with Gasteiger partial charge < -0.3 is 14.6 Å². The van der Waals surface area contributed by atoms with E-state index < -0.39 is 5.97 Å². The van der Waals surface area contributed by atoms with Crippen LogP contribution in [0.2, 0.25) is 5.02 Å². The Kier molecular flexibility index (Phi) is 7.48. The summed E-state index contributed by atoms with van der Waals surface area (Å²) in [6.07, 6.45) is 1.63. The van der Waals surface area contributed by atoms with Gasteiger partial charge >= 0.3 is 5.97 Å². The molecule has 0 amide bonds. The molecule has 32 heavy (non-hydrogen) atoms. The van der Waals surface area contributed by atoms with Crippen molar-refractivity contribution in [1.82, 2.24) is 0 Å². The average molecular weight is 452 g/mol. The van der Waals surface area contributed by atoms with Crippen LogP contribution in [0.5, 0.6) is 11.5 Å². The van der Waals surface area contributed by atoms with Crippen molar-refractivity contribution in [1.29, 1.82) is 5.26 Å². The summed E-state index contributed by atoms with van der Waals surface area (Å²) in [4.78, 5) is 11.0. The van der Waals surface area contributed by atoms with E-state index in [0.717, 1.165) is 5.56 Å². The SMILES string of the molecule is CCOc1cc(/C=C(/C#N)c2ccc(C(=O)O)cc2)cc(Cl)c1OCc1ccc(F)cc1. The summed E-state index contributed by atoms with van der Waals surface area (Å²) in [7, 11) is 0. The molecule has 0 saturated heterocycles. The van der Waals surface area contributed by atoms with Gasteiger partial charge in [0.05, 0.1) is 28.8 Å². The van der Waals surface area contributed by atoms with E-state index in [-0.39, 0.29) is 18.0 Å². The molecule has 0 bridgehead atoms. The van der Waals surface area contributed by atoms with E-state index in [1.807, 2.05) is 6.92 Å². The van der Waals surface area contributed by atoms with E-state index in [0.29, 0.717) is 39.8 Å². The summed E-state index contributed by atoms with van der Waals surface area (Å²) in [6.45, 7) is 2.37. The molecule has 0 saturated carbocycles. The minimum Gasteiger partial charge on any atom is -0.490 e. The number of nitriles is 1. The zero-order valence-corrected chi connectivity index (χ0v) is 17.9. The number of carboxylic acid groups (broad SMARTS) is 1. The van der Waals surface area contributed by atoms with E-state index in [9.17, 15) is 14.4 Å². The van der Waals surface area contributed by atoms with Gasteiger partial charge in [-0.2, -0.15) is 5.26 Å². The number of nitrogens with zero attached hydrogens (tertiary/aromatic N) is 1. The molecule has 3 rings (SSSR count). The zero-order chi connectivity index (χ0) is 23.1. The van der Waals surface area contributed by atoms with Crippen LogP contribution in [0.4, 0.5) is 4.39 Å². The van der Waals surface area contributed by atoms with Crippen molar-refractivity contribution in [3.05, 3.63) is 93.8 Å². The first-order valence-corrected chi connectivity index (χ1v) is 10.1. The first-order chi connectivity index (χ1) is 15.4. The highest BCUT2D eigenvalue weighted by Crippen LogP contribution is 2.38. The molecule has 0 aromatic heterocycles. The quantitative estimate of drug-likeness (QED) is 0.325. The fourth-order valence-corrected chi connectivity index (χ4v) is 3.22. The van der Waals surface area contributed by atoms with Crippen LogP contribution >= 0.6 is 11.6 Å². The van der Waals surface area contributed by atoms with E-state index in [2.05, 4.69) is 6.07 Å². The number of rotatable bonds is 8. The molecular formula is C25H19ClFNO4. The van der Waals surface area contributed by atoms with Crippen LogP contribution in [0.1, 0.15) is 34.0 Å². The van der Waals surface area contributed by atoms with Crippen molar-refractivity contribution >= 4 is 29.2 Å². The Balaban J connectivity index is 1.90. The maximum absolute atomic E-state index is 13.1. The van der Waals surface area contributed by atoms with Crippen LogP contribution < -0.4 is 9.47 Å². The molecular weight excluding hydrogens is 433 g/mol. The van der Waals surface area contributed by atoms with E-state index in [1.165, 1.54) is 24.3 Å². The summed E-state index contributed by atoms with van der Waals surface area (Å²) in [5.74, 6) is -0.613. The number of hydrogen-bond donors (Lipinski definition) is 1. The van der Waals surface area contributed by atoms with Gasteiger partial charge in [0.25, 0.3) is 0 Å². The van der Waals surface area contributed by atoms with Crippen molar-refractivity contribution in [3.8, 4) is 17.6 Å². The van der Waals surface area contributed by atoms with Gasteiger partial charge in [-0.3, -0.25) is 0 Å². The van der Waals surface area contributed by atoms with Crippen molar-refractivity contribution in [2.75, 3.05) is 6.61 Å². The van der Waals surface area contributed by atoms with Gasteiger partial charge in [0, 0.05) is 0 Å². The Hall–Kier alpha value is -3.82. The minimum atomic E-state index is -1.04. The fraction of sp³-hybridized carbons (Fsp3) is 0.120. The van der Waals surface area contributed by atoms with Gasteiger partial charge in [-0.1, -0.05) is 35.9 Å². The van der Waals surface area contributed by atoms with Crippen molar-refractivity contribution in [3.63, 3.8) is 0 Å². The molecule has 0 radical (unpaired) electrons. The second-order valence-corrected chi connectivity index (χ2v) is 7.14. The molecule has 3 aromatic carbocycles. The largest absolute Gasteiger partial charge is 0.490 e. The maximum Gasteiger partial charge on any atom is 0.335 e. The molecule has 0 aliphatic carbocycles. The van der Waals surface area contributed by atoms with Gasteiger partial charge in [0.2, 0.25) is 0 Å². The lowest BCUT2D eigenvalue weighted by Gasteiger charge is -2.15. The Morgan fingerprint density at radius 2 is 1.75 bits per heavy atom. The fourth-order valence-electron chi connectivity index (χ4n) is 2.95. The number of carbonyl (C=O) groups is 1. The predicted octanol–water partition coefficient (Wildman–Crippen LogP) is 6.22. The summed E-state index contributed by atoms with van der Waals surface area (Å²) in [6, 6.07) is 17.4. The molecule has 3 aromatic rings. The molecule has 0 fully saturated rings. The summed E-state index contributed by atoms with van der Waals surface area (Å²) in [5, 5.41) is 18.9. The Bertz CT molecular complexity index is 1180. The summed E-state index contributed by atoms with van der Waals surface area (Å²) in [5.41, 5.74) is 2.43. The second-order valence-electron chi connectivity index (χ2n) is 6.73. The van der Waals surface area contributed by atoms with E-state index >= 15 is 0 Å². The number of carboxylic acids is 1. The van der Waals surface area contributed by atoms with Crippen LogP contribution in [0.15, 0.2) is 60.7 Å². The van der Waals surface area contributed by atoms with Gasteiger partial charge in [-0.05, 0) is 66.1 Å². The van der Waals surface area contributed by atoms with Gasteiger partial charge in [0.1, 0.15) is 12.4 Å². The number of hydrogen-bond acceptors (Lipinski definition) is 4. The van der Waals surface area contributed by atoms with Crippen molar-refractivity contribution in [2.24, 2.45) is 0 Å². The Labute approximate surface area is 189 Å².